The minimum atomic E-state index is -0.736. The Hall–Kier alpha value is -1.10. The first-order chi connectivity index (χ1) is 6.99. The van der Waals surface area contributed by atoms with Crippen LogP contribution in [0.1, 0.15) is 20.8 Å². The first-order valence-electron chi connectivity index (χ1n) is 5.14. The maximum absolute atomic E-state index is 11.4. The van der Waals surface area contributed by atoms with E-state index in [0.717, 1.165) is 0 Å². The molecule has 0 unspecified atom stereocenters. The lowest BCUT2D eigenvalue weighted by atomic mass is 9.79. The lowest BCUT2D eigenvalue weighted by molar-refractivity contribution is -0.155. The molecule has 1 aliphatic heterocycles. The van der Waals surface area contributed by atoms with Crippen LogP contribution in [-0.2, 0) is 14.3 Å². The molecule has 1 fully saturated rings. The van der Waals surface area contributed by atoms with Gasteiger partial charge in [-0.2, -0.15) is 0 Å². The summed E-state index contributed by atoms with van der Waals surface area (Å²) in [5.41, 5.74) is 0. The van der Waals surface area contributed by atoms with E-state index >= 15 is 0 Å². The maximum Gasteiger partial charge on any atom is 0.310 e. The van der Waals surface area contributed by atoms with Crippen molar-refractivity contribution in [1.29, 1.82) is 0 Å². The number of carbonyl (C=O) groups excluding carboxylic acids is 2. The number of aliphatic hydroxyl groups is 1. The van der Waals surface area contributed by atoms with Gasteiger partial charge in [-0.25, -0.2) is 0 Å². The summed E-state index contributed by atoms with van der Waals surface area (Å²) >= 11 is 0. The van der Waals surface area contributed by atoms with E-state index in [2.05, 4.69) is 5.32 Å². The molecule has 0 aromatic rings. The lowest BCUT2D eigenvalue weighted by Crippen LogP contribution is -2.65. The summed E-state index contributed by atoms with van der Waals surface area (Å²) in [4.78, 5) is 22.5. The second-order valence-corrected chi connectivity index (χ2v) is 3.84. The molecule has 1 rings (SSSR count). The van der Waals surface area contributed by atoms with Crippen molar-refractivity contribution in [3.05, 3.63) is 0 Å². The fourth-order valence-corrected chi connectivity index (χ4v) is 1.79. The first-order valence-corrected chi connectivity index (χ1v) is 5.14. The van der Waals surface area contributed by atoms with Gasteiger partial charge in [0.2, 0.25) is 5.91 Å². The van der Waals surface area contributed by atoms with Crippen LogP contribution < -0.4 is 5.32 Å². The van der Waals surface area contributed by atoms with Crippen LogP contribution in [0.3, 0.4) is 0 Å². The second kappa shape index (κ2) is 4.61. The Balaban J connectivity index is 2.58. The Kier molecular flexibility index (Phi) is 3.68. The molecule has 0 spiro atoms. The van der Waals surface area contributed by atoms with E-state index in [-0.39, 0.29) is 17.9 Å². The van der Waals surface area contributed by atoms with Gasteiger partial charge in [-0.05, 0) is 20.8 Å². The number of nitrogens with one attached hydrogen (secondary N) is 1. The lowest BCUT2D eigenvalue weighted by Gasteiger charge is -2.41. The van der Waals surface area contributed by atoms with Crippen LogP contribution in [0.5, 0.6) is 0 Å². The van der Waals surface area contributed by atoms with Gasteiger partial charge in [0.15, 0.2) is 0 Å². The molecular weight excluding hydrogens is 198 g/mol. The minimum absolute atomic E-state index is 0.203. The third-order valence-electron chi connectivity index (χ3n) is 2.72. The van der Waals surface area contributed by atoms with Crippen molar-refractivity contribution in [3.8, 4) is 0 Å². The van der Waals surface area contributed by atoms with Crippen molar-refractivity contribution < 1.29 is 19.4 Å². The average molecular weight is 215 g/mol. The van der Waals surface area contributed by atoms with Gasteiger partial charge in [-0.15, -0.1) is 0 Å². The van der Waals surface area contributed by atoms with Crippen molar-refractivity contribution in [3.63, 3.8) is 0 Å². The third-order valence-corrected chi connectivity index (χ3v) is 2.72. The number of rotatable bonds is 4. The standard InChI is InChI=1S/C10H17NO4/c1-4-15-10(14)5(2)8-7(6(3)12)9(13)11-8/h5-8,12H,4H2,1-3H3,(H,11,13)/t5-,6+,7+,8+/m1/s1. The van der Waals surface area contributed by atoms with Crippen LogP contribution in [0.4, 0.5) is 0 Å². The van der Waals surface area contributed by atoms with Crippen molar-refractivity contribution in [2.75, 3.05) is 6.61 Å². The molecule has 86 valence electrons. The van der Waals surface area contributed by atoms with E-state index in [1.54, 1.807) is 20.8 Å². The normalized spacial score (nSPS) is 28.7. The summed E-state index contributed by atoms with van der Waals surface area (Å²) < 4.78 is 4.85. The van der Waals surface area contributed by atoms with Gasteiger partial charge in [0.25, 0.3) is 0 Å². The van der Waals surface area contributed by atoms with Gasteiger partial charge < -0.3 is 15.2 Å². The molecule has 0 bridgehead atoms. The Bertz CT molecular complexity index is 264. The predicted octanol–water partition coefficient (Wildman–Crippen LogP) is -0.319. The fourth-order valence-electron chi connectivity index (χ4n) is 1.79. The van der Waals surface area contributed by atoms with Crippen LogP contribution >= 0.6 is 0 Å². The zero-order valence-electron chi connectivity index (χ0n) is 9.19. The molecule has 0 aliphatic carbocycles. The molecule has 0 radical (unpaired) electrons. The monoisotopic (exact) mass is 215 g/mol. The van der Waals surface area contributed by atoms with Gasteiger partial charge in [0.1, 0.15) is 0 Å². The predicted molar refractivity (Wildman–Crippen MR) is 52.9 cm³/mol. The Morgan fingerprint density at radius 1 is 1.60 bits per heavy atom. The molecule has 1 amide bonds. The quantitative estimate of drug-likeness (QED) is 0.498. The molecule has 0 saturated carbocycles. The molecule has 1 saturated heterocycles. The topological polar surface area (TPSA) is 75.6 Å². The summed E-state index contributed by atoms with van der Waals surface area (Å²) in [6.45, 7) is 5.30. The van der Waals surface area contributed by atoms with Crippen molar-refractivity contribution in [2.24, 2.45) is 11.8 Å². The Labute approximate surface area is 88.8 Å². The van der Waals surface area contributed by atoms with Gasteiger partial charge in [0, 0.05) is 0 Å². The van der Waals surface area contributed by atoms with E-state index in [9.17, 15) is 14.7 Å². The highest BCUT2D eigenvalue weighted by molar-refractivity contribution is 5.88. The number of β-lactam (4-membered cyclic amide) rings is 1. The molecule has 5 nitrogen and oxygen atoms in total. The molecule has 4 atom stereocenters. The fraction of sp³-hybridized carbons (Fsp3) is 0.800. The molecule has 2 N–H and O–H groups in total. The second-order valence-electron chi connectivity index (χ2n) is 3.84. The summed E-state index contributed by atoms with van der Waals surface area (Å²) in [5, 5.41) is 12.0. The smallest absolute Gasteiger partial charge is 0.310 e. The molecule has 1 aliphatic rings. The number of hydrogen-bond acceptors (Lipinski definition) is 4. The summed E-state index contributed by atoms with van der Waals surface area (Å²) in [5.74, 6) is -1.45. The van der Waals surface area contributed by atoms with Gasteiger partial charge >= 0.3 is 5.97 Å². The van der Waals surface area contributed by atoms with E-state index < -0.39 is 17.9 Å². The highest BCUT2D eigenvalue weighted by atomic mass is 16.5. The maximum atomic E-state index is 11.4. The Morgan fingerprint density at radius 2 is 2.20 bits per heavy atom. The zero-order chi connectivity index (χ0) is 11.6. The number of ether oxygens (including phenoxy) is 1. The number of carbonyl (C=O) groups is 2. The summed E-state index contributed by atoms with van der Waals surface area (Å²) in [7, 11) is 0. The van der Waals surface area contributed by atoms with Crippen LogP contribution in [0.2, 0.25) is 0 Å². The molecule has 0 aromatic heterocycles. The molecule has 0 aromatic carbocycles. The summed E-state index contributed by atoms with van der Waals surface area (Å²) in [6.07, 6.45) is -0.736. The third kappa shape index (κ3) is 2.28. The van der Waals surface area contributed by atoms with Gasteiger partial charge in [-0.3, -0.25) is 9.59 Å². The average Bonchev–Trinajstić information content (AvgIpc) is 2.12. The molecule has 5 heteroatoms. The number of amides is 1. The van der Waals surface area contributed by atoms with Crippen LogP contribution in [0.15, 0.2) is 0 Å². The van der Waals surface area contributed by atoms with Crippen LogP contribution in [0.25, 0.3) is 0 Å². The first kappa shape index (κ1) is 12.0. The van der Waals surface area contributed by atoms with Gasteiger partial charge in [-0.1, -0.05) is 0 Å². The van der Waals surface area contributed by atoms with Crippen LogP contribution in [-0.4, -0.2) is 35.7 Å². The number of aliphatic hydroxyl groups excluding tert-OH is 1. The van der Waals surface area contributed by atoms with Crippen molar-refractivity contribution in [1.82, 2.24) is 5.32 Å². The summed E-state index contributed by atoms with van der Waals surface area (Å²) in [6, 6.07) is -0.309. The molecular formula is C10H17NO4. The van der Waals surface area contributed by atoms with E-state index in [1.807, 2.05) is 0 Å². The van der Waals surface area contributed by atoms with E-state index in [4.69, 9.17) is 4.74 Å². The van der Waals surface area contributed by atoms with E-state index in [1.165, 1.54) is 0 Å². The minimum Gasteiger partial charge on any atom is -0.466 e. The van der Waals surface area contributed by atoms with Crippen LogP contribution in [0, 0.1) is 11.8 Å². The number of esters is 1. The van der Waals surface area contributed by atoms with E-state index in [0.29, 0.717) is 6.61 Å². The number of hydrogen-bond donors (Lipinski definition) is 2. The highest BCUT2D eigenvalue weighted by Crippen LogP contribution is 2.26. The van der Waals surface area contributed by atoms with Crippen molar-refractivity contribution in [2.45, 2.75) is 32.9 Å². The Morgan fingerprint density at radius 3 is 2.60 bits per heavy atom. The molecule has 1 heterocycles. The SMILES string of the molecule is CCOC(=O)[C@H](C)[C@@H]1NC(=O)[C@H]1[C@H](C)O. The molecule has 15 heavy (non-hydrogen) atoms. The van der Waals surface area contributed by atoms with Gasteiger partial charge in [0.05, 0.1) is 30.6 Å². The largest absolute Gasteiger partial charge is 0.466 e. The van der Waals surface area contributed by atoms with Crippen molar-refractivity contribution >= 4 is 11.9 Å². The highest BCUT2D eigenvalue weighted by Gasteiger charge is 2.47. The zero-order valence-corrected chi connectivity index (χ0v) is 9.19.